The predicted octanol–water partition coefficient (Wildman–Crippen LogP) is 6.31. The maximum Gasteiger partial charge on any atom is 0.341 e. The van der Waals surface area contributed by atoms with E-state index in [9.17, 15) is 4.79 Å². The Balaban J connectivity index is 1.78. The van der Waals surface area contributed by atoms with Crippen LogP contribution in [0.4, 0.5) is 0 Å². The first-order valence-corrected chi connectivity index (χ1v) is 10.8. The van der Waals surface area contributed by atoms with Gasteiger partial charge in [-0.1, -0.05) is 47.5 Å². The summed E-state index contributed by atoms with van der Waals surface area (Å²) < 4.78 is 20.8. The van der Waals surface area contributed by atoms with Crippen LogP contribution in [0.25, 0.3) is 5.57 Å². The molecule has 0 radical (unpaired) electrons. The Morgan fingerprint density at radius 3 is 2.35 bits per heavy atom. The number of benzene rings is 2. The van der Waals surface area contributed by atoms with Gasteiger partial charge in [-0.3, -0.25) is 0 Å². The third-order valence-corrected chi connectivity index (χ3v) is 6.23. The molecule has 166 valence electrons. The van der Waals surface area contributed by atoms with Crippen molar-refractivity contribution in [1.29, 1.82) is 0 Å². The summed E-state index contributed by atoms with van der Waals surface area (Å²) in [5.74, 6) is 0.317. The van der Waals surface area contributed by atoms with Crippen molar-refractivity contribution in [3.63, 3.8) is 0 Å². The van der Waals surface area contributed by atoms with Crippen molar-refractivity contribution < 1.29 is 23.7 Å². The van der Waals surface area contributed by atoms with Crippen LogP contribution in [-0.4, -0.2) is 31.1 Å². The Kier molecular flexibility index (Phi) is 7.87. The Labute approximate surface area is 200 Å². The van der Waals surface area contributed by atoms with Crippen LogP contribution in [0.3, 0.4) is 0 Å². The van der Waals surface area contributed by atoms with E-state index in [2.05, 4.69) is 0 Å². The molecule has 0 aliphatic heterocycles. The topological polar surface area (TPSA) is 54.0 Å². The zero-order chi connectivity index (χ0) is 22.6. The van der Waals surface area contributed by atoms with E-state index in [0.29, 0.717) is 40.1 Å². The highest BCUT2D eigenvalue weighted by Crippen LogP contribution is 2.53. The summed E-state index contributed by atoms with van der Waals surface area (Å²) in [7, 11) is 2.76. The third-order valence-electron chi connectivity index (χ3n) is 4.71. The summed E-state index contributed by atoms with van der Waals surface area (Å²) in [6, 6.07) is 10.4. The van der Waals surface area contributed by atoms with Gasteiger partial charge in [-0.05, 0) is 23.6 Å². The summed E-state index contributed by atoms with van der Waals surface area (Å²) in [6.45, 7) is 0.463. The molecule has 0 spiro atoms. The van der Waals surface area contributed by atoms with Crippen molar-refractivity contribution in [3.05, 3.63) is 63.8 Å². The first-order valence-electron chi connectivity index (χ1n) is 9.28. The van der Waals surface area contributed by atoms with Crippen LogP contribution in [0.2, 0.25) is 10.0 Å². The van der Waals surface area contributed by atoms with Crippen molar-refractivity contribution in [2.45, 2.75) is 17.4 Å². The molecule has 1 aliphatic carbocycles. The minimum atomic E-state index is -0.741. The maximum absolute atomic E-state index is 12.2. The lowest BCUT2D eigenvalue weighted by atomic mass is 10.0. The van der Waals surface area contributed by atoms with E-state index in [0.717, 1.165) is 5.56 Å². The Bertz CT molecular complexity index is 990. The highest BCUT2D eigenvalue weighted by molar-refractivity contribution is 6.50. The van der Waals surface area contributed by atoms with Crippen LogP contribution < -0.4 is 9.47 Å². The molecule has 1 aliphatic rings. The maximum atomic E-state index is 12.2. The van der Waals surface area contributed by atoms with Crippen molar-refractivity contribution in [2.24, 2.45) is 5.92 Å². The quantitative estimate of drug-likeness (QED) is 0.173. The number of carbonyl (C=O) groups is 1. The summed E-state index contributed by atoms with van der Waals surface area (Å²) in [5, 5.41) is 0.676. The second kappa shape index (κ2) is 10.2. The minimum absolute atomic E-state index is 0.0446. The molecule has 31 heavy (non-hydrogen) atoms. The van der Waals surface area contributed by atoms with E-state index >= 15 is 0 Å². The largest absolute Gasteiger partial charge is 0.503 e. The van der Waals surface area contributed by atoms with Crippen molar-refractivity contribution in [3.8, 4) is 11.5 Å². The molecule has 1 saturated carbocycles. The van der Waals surface area contributed by atoms with Crippen LogP contribution in [0, 0.1) is 5.92 Å². The van der Waals surface area contributed by atoms with Gasteiger partial charge in [-0.25, -0.2) is 4.79 Å². The van der Waals surface area contributed by atoms with E-state index in [1.54, 1.807) is 24.3 Å². The van der Waals surface area contributed by atoms with E-state index in [-0.39, 0.29) is 18.1 Å². The van der Waals surface area contributed by atoms with Gasteiger partial charge < -0.3 is 18.9 Å². The first-order chi connectivity index (χ1) is 14.8. The second-order valence-corrected chi connectivity index (χ2v) is 9.25. The number of rotatable bonds is 9. The van der Waals surface area contributed by atoms with Gasteiger partial charge in [0.15, 0.2) is 0 Å². The van der Waals surface area contributed by atoms with Gasteiger partial charge in [-0.2, -0.15) is 0 Å². The number of esters is 1. The van der Waals surface area contributed by atoms with Crippen LogP contribution in [0.15, 0.2) is 42.7 Å². The standard InChI is InChI=1S/C22H20Cl4O5/c1-28-12-16(21(27)29-2)15-6-4-3-5-13(15)10-30-19-8-20(18(24)7-17(19)23)31-11-14-9-22(14,25)26/h3-8,12,14H,9-11H2,1-2H3. The van der Waals surface area contributed by atoms with E-state index in [4.69, 9.17) is 65.4 Å². The van der Waals surface area contributed by atoms with Crippen molar-refractivity contribution >= 4 is 57.9 Å². The molecule has 0 amide bonds. The van der Waals surface area contributed by atoms with Crippen LogP contribution in [0.1, 0.15) is 17.5 Å². The van der Waals surface area contributed by atoms with Crippen LogP contribution >= 0.6 is 46.4 Å². The Hall–Kier alpha value is -1.79. The van der Waals surface area contributed by atoms with Gasteiger partial charge in [0.05, 0.1) is 37.1 Å². The lowest BCUT2D eigenvalue weighted by molar-refractivity contribution is -0.133. The number of ether oxygens (including phenoxy) is 4. The molecule has 1 unspecified atom stereocenters. The molecule has 0 saturated heterocycles. The molecule has 1 atom stereocenters. The summed E-state index contributed by atoms with van der Waals surface area (Å²) in [4.78, 5) is 12.2. The van der Waals surface area contributed by atoms with Gasteiger partial charge in [0.25, 0.3) is 0 Å². The van der Waals surface area contributed by atoms with Gasteiger partial charge in [0, 0.05) is 12.0 Å². The average Bonchev–Trinajstić information content (AvgIpc) is 3.36. The van der Waals surface area contributed by atoms with E-state index in [1.807, 2.05) is 12.1 Å². The fourth-order valence-corrected chi connectivity index (χ4v) is 3.88. The first kappa shape index (κ1) is 23.9. The van der Waals surface area contributed by atoms with Gasteiger partial charge >= 0.3 is 5.97 Å². The monoisotopic (exact) mass is 504 g/mol. The number of hydrogen-bond donors (Lipinski definition) is 0. The molecule has 9 heteroatoms. The molecule has 1 fully saturated rings. The average molecular weight is 506 g/mol. The Morgan fingerprint density at radius 1 is 1.10 bits per heavy atom. The highest BCUT2D eigenvalue weighted by atomic mass is 35.5. The molecule has 0 aromatic heterocycles. The molecule has 0 heterocycles. The lowest BCUT2D eigenvalue weighted by Crippen LogP contribution is -2.08. The summed E-state index contributed by atoms with van der Waals surface area (Å²) >= 11 is 24.6. The van der Waals surface area contributed by atoms with Gasteiger partial charge in [0.2, 0.25) is 0 Å². The zero-order valence-corrected chi connectivity index (χ0v) is 19.8. The fraction of sp³-hybridized carbons (Fsp3) is 0.318. The van der Waals surface area contributed by atoms with E-state index in [1.165, 1.54) is 20.5 Å². The number of hydrogen-bond acceptors (Lipinski definition) is 5. The molecule has 2 aromatic rings. The zero-order valence-electron chi connectivity index (χ0n) is 16.8. The number of halogens is 4. The molecular weight excluding hydrogens is 486 g/mol. The smallest absolute Gasteiger partial charge is 0.341 e. The fourth-order valence-electron chi connectivity index (χ4n) is 2.89. The Morgan fingerprint density at radius 2 is 1.74 bits per heavy atom. The third kappa shape index (κ3) is 5.92. The number of methoxy groups -OCH3 is 2. The second-order valence-electron chi connectivity index (χ2n) is 6.89. The van der Waals surface area contributed by atoms with Gasteiger partial charge in [0.1, 0.15) is 28.0 Å². The highest BCUT2D eigenvalue weighted by Gasteiger charge is 2.52. The molecule has 2 aromatic carbocycles. The molecule has 0 bridgehead atoms. The van der Waals surface area contributed by atoms with E-state index < -0.39 is 10.3 Å². The SMILES string of the molecule is COC=C(C(=O)OC)c1ccccc1COc1cc(OCC2CC2(Cl)Cl)c(Cl)cc1Cl. The molecular formula is C22H20Cl4O5. The molecule has 3 rings (SSSR count). The lowest BCUT2D eigenvalue weighted by Gasteiger charge is -2.15. The minimum Gasteiger partial charge on any atom is -0.503 e. The van der Waals surface area contributed by atoms with Crippen molar-refractivity contribution in [2.75, 3.05) is 20.8 Å². The predicted molar refractivity (Wildman–Crippen MR) is 122 cm³/mol. The normalized spacial score (nSPS) is 17.1. The van der Waals surface area contributed by atoms with Gasteiger partial charge in [-0.15, -0.1) is 23.2 Å². The van der Waals surface area contributed by atoms with Crippen molar-refractivity contribution in [1.82, 2.24) is 0 Å². The number of carbonyl (C=O) groups excluding carboxylic acids is 1. The van der Waals surface area contributed by atoms with Crippen LogP contribution in [-0.2, 0) is 20.9 Å². The summed E-state index contributed by atoms with van der Waals surface area (Å²) in [5.41, 5.74) is 1.62. The number of alkyl halides is 2. The van der Waals surface area contributed by atoms with Crippen LogP contribution in [0.5, 0.6) is 11.5 Å². The molecule has 0 N–H and O–H groups in total. The molecule has 5 nitrogen and oxygen atoms in total. The summed E-state index contributed by atoms with van der Waals surface area (Å²) in [6.07, 6.45) is 2.00.